The van der Waals surface area contributed by atoms with Crippen molar-refractivity contribution >= 4 is 5.65 Å². The largest absolute Gasteiger partial charge is 0.367 e. The van der Waals surface area contributed by atoms with Crippen LogP contribution in [0.25, 0.3) is 5.65 Å². The fraction of sp³-hybridized carbons (Fsp3) is 0.545. The predicted molar refractivity (Wildman–Crippen MR) is 61.6 cm³/mol. The maximum atomic E-state index is 12.0. The second kappa shape index (κ2) is 4.08. The van der Waals surface area contributed by atoms with Gasteiger partial charge >= 0.3 is 5.69 Å². The van der Waals surface area contributed by atoms with Crippen LogP contribution >= 0.6 is 0 Å². The van der Waals surface area contributed by atoms with Crippen LogP contribution in [0, 0.1) is 6.92 Å². The minimum absolute atomic E-state index is 0.125. The zero-order valence-electron chi connectivity index (χ0n) is 9.84. The predicted octanol–water partition coefficient (Wildman–Crippen LogP) is 1.56. The summed E-state index contributed by atoms with van der Waals surface area (Å²) in [5.74, 6) is 0. The molecule has 16 heavy (non-hydrogen) atoms. The molecule has 0 amide bonds. The zero-order chi connectivity index (χ0) is 11.7. The molecule has 2 aromatic heterocycles. The van der Waals surface area contributed by atoms with Crippen LogP contribution in [0.15, 0.2) is 16.9 Å². The number of aromatic nitrogens is 4. The molecule has 0 aliphatic heterocycles. The van der Waals surface area contributed by atoms with Gasteiger partial charge in [0.15, 0.2) is 5.65 Å². The molecule has 86 valence electrons. The highest BCUT2D eigenvalue weighted by Crippen LogP contribution is 2.09. The van der Waals surface area contributed by atoms with Gasteiger partial charge in [-0.15, -0.1) is 5.10 Å². The topological polar surface area (TPSA) is 52.2 Å². The Labute approximate surface area is 93.7 Å². The summed E-state index contributed by atoms with van der Waals surface area (Å²) < 4.78 is 2.88. The highest BCUT2D eigenvalue weighted by atomic mass is 16.2. The molecule has 0 radical (unpaired) electrons. The van der Waals surface area contributed by atoms with E-state index >= 15 is 0 Å². The summed E-state index contributed by atoms with van der Waals surface area (Å²) in [5, 5.41) is 8.44. The number of fused-ring (bicyclic) bond motifs is 1. The van der Waals surface area contributed by atoms with Crippen molar-refractivity contribution in [1.29, 1.82) is 0 Å². The Morgan fingerprint density at radius 3 is 2.81 bits per heavy atom. The molecule has 0 aliphatic carbocycles. The van der Waals surface area contributed by atoms with Gasteiger partial charge in [0.25, 0.3) is 0 Å². The molecule has 0 fully saturated rings. The first-order valence-electron chi connectivity index (χ1n) is 5.58. The van der Waals surface area contributed by atoms with Crippen LogP contribution in [0.1, 0.15) is 38.4 Å². The second-order valence-electron chi connectivity index (χ2n) is 4.11. The third-order valence-corrected chi connectivity index (χ3v) is 2.66. The van der Waals surface area contributed by atoms with E-state index in [1.807, 2.05) is 26.0 Å². The molecule has 5 heteroatoms. The summed E-state index contributed by atoms with van der Waals surface area (Å²) in [5.41, 5.74) is 1.27. The average Bonchev–Trinajstić information content (AvgIpc) is 2.57. The number of hydrogen-bond acceptors (Lipinski definition) is 3. The molecule has 2 heterocycles. The fourth-order valence-corrected chi connectivity index (χ4v) is 1.80. The van der Waals surface area contributed by atoms with E-state index in [4.69, 9.17) is 0 Å². The first-order chi connectivity index (χ1) is 7.63. The average molecular weight is 220 g/mol. The first kappa shape index (κ1) is 10.9. The summed E-state index contributed by atoms with van der Waals surface area (Å²) >= 11 is 0. The van der Waals surface area contributed by atoms with E-state index in [9.17, 15) is 4.79 Å². The van der Waals surface area contributed by atoms with Gasteiger partial charge in [-0.1, -0.05) is 13.3 Å². The summed E-state index contributed by atoms with van der Waals surface area (Å²) in [6, 6.07) is 3.80. The highest BCUT2D eigenvalue weighted by Gasteiger charge is 2.12. The van der Waals surface area contributed by atoms with E-state index < -0.39 is 0 Å². The normalized spacial score (nSPS) is 13.2. The van der Waals surface area contributed by atoms with Crippen molar-refractivity contribution in [3.8, 4) is 0 Å². The molecule has 5 nitrogen and oxygen atoms in total. The van der Waals surface area contributed by atoms with Crippen LogP contribution in [-0.2, 0) is 0 Å². The smallest absolute Gasteiger partial charge is 0.244 e. The van der Waals surface area contributed by atoms with Gasteiger partial charge in [0.1, 0.15) is 0 Å². The standard InChI is InChI=1S/C11H16N4O/c1-4-5-9(3)14-11(16)15-10(13-14)7-6-8(2)12-15/h6-7,9H,4-5H2,1-3H3. The van der Waals surface area contributed by atoms with Crippen LogP contribution < -0.4 is 5.69 Å². The summed E-state index contributed by atoms with van der Waals surface area (Å²) in [7, 11) is 0. The third-order valence-electron chi connectivity index (χ3n) is 2.66. The van der Waals surface area contributed by atoms with E-state index in [2.05, 4.69) is 17.1 Å². The third kappa shape index (κ3) is 1.73. The summed E-state index contributed by atoms with van der Waals surface area (Å²) in [6.07, 6.45) is 1.98. The molecule has 0 saturated carbocycles. The number of rotatable bonds is 3. The lowest BCUT2D eigenvalue weighted by atomic mass is 10.2. The molecular formula is C11H16N4O. The first-order valence-corrected chi connectivity index (χ1v) is 5.58. The van der Waals surface area contributed by atoms with Gasteiger partial charge in [0.05, 0.1) is 11.7 Å². The van der Waals surface area contributed by atoms with E-state index in [1.54, 1.807) is 0 Å². The molecule has 0 saturated heterocycles. The minimum atomic E-state index is -0.153. The monoisotopic (exact) mass is 220 g/mol. The van der Waals surface area contributed by atoms with Crippen LogP contribution in [0.3, 0.4) is 0 Å². The molecule has 0 N–H and O–H groups in total. The number of aryl methyl sites for hydroxylation is 1. The Hall–Kier alpha value is -1.65. The Morgan fingerprint density at radius 2 is 2.12 bits per heavy atom. The molecule has 0 aromatic carbocycles. The van der Waals surface area contributed by atoms with Gasteiger partial charge in [-0.3, -0.25) is 0 Å². The van der Waals surface area contributed by atoms with Gasteiger partial charge in [-0.25, -0.2) is 9.48 Å². The van der Waals surface area contributed by atoms with Crippen molar-refractivity contribution in [2.75, 3.05) is 0 Å². The van der Waals surface area contributed by atoms with Crippen molar-refractivity contribution < 1.29 is 0 Å². The zero-order valence-corrected chi connectivity index (χ0v) is 9.84. The molecule has 0 spiro atoms. The van der Waals surface area contributed by atoms with Crippen LogP contribution in [0.5, 0.6) is 0 Å². The Kier molecular flexibility index (Phi) is 2.77. The van der Waals surface area contributed by atoms with Crippen molar-refractivity contribution in [2.24, 2.45) is 0 Å². The lowest BCUT2D eigenvalue weighted by Crippen LogP contribution is -2.25. The lowest BCUT2D eigenvalue weighted by molar-refractivity contribution is 0.440. The number of nitrogens with zero attached hydrogens (tertiary/aromatic N) is 4. The van der Waals surface area contributed by atoms with Crippen molar-refractivity contribution in [2.45, 2.75) is 39.7 Å². The van der Waals surface area contributed by atoms with Crippen molar-refractivity contribution in [3.05, 3.63) is 28.3 Å². The molecule has 1 unspecified atom stereocenters. The molecule has 2 rings (SSSR count). The quantitative estimate of drug-likeness (QED) is 0.788. The van der Waals surface area contributed by atoms with Crippen LogP contribution in [-0.4, -0.2) is 19.4 Å². The van der Waals surface area contributed by atoms with Crippen molar-refractivity contribution in [1.82, 2.24) is 19.4 Å². The van der Waals surface area contributed by atoms with E-state index in [-0.39, 0.29) is 11.7 Å². The van der Waals surface area contributed by atoms with Gasteiger partial charge in [-0.05, 0) is 32.4 Å². The van der Waals surface area contributed by atoms with Crippen molar-refractivity contribution in [3.63, 3.8) is 0 Å². The van der Waals surface area contributed by atoms with Crippen LogP contribution in [0.4, 0.5) is 0 Å². The Bertz CT molecular complexity index is 555. The summed E-state index contributed by atoms with van der Waals surface area (Å²) in [6.45, 7) is 5.96. The van der Waals surface area contributed by atoms with Gasteiger partial charge in [0, 0.05) is 0 Å². The Morgan fingerprint density at radius 1 is 1.38 bits per heavy atom. The maximum Gasteiger partial charge on any atom is 0.367 e. The van der Waals surface area contributed by atoms with E-state index in [0.29, 0.717) is 5.65 Å². The van der Waals surface area contributed by atoms with E-state index in [0.717, 1.165) is 18.5 Å². The second-order valence-corrected chi connectivity index (χ2v) is 4.11. The number of hydrogen-bond donors (Lipinski definition) is 0. The molecule has 0 aliphatic rings. The SMILES string of the molecule is CCCC(C)n1nc2ccc(C)nn2c1=O. The maximum absolute atomic E-state index is 12.0. The fourth-order valence-electron chi connectivity index (χ4n) is 1.80. The molecule has 0 bridgehead atoms. The summed E-state index contributed by atoms with van der Waals surface area (Å²) in [4.78, 5) is 12.0. The minimum Gasteiger partial charge on any atom is -0.244 e. The molecule has 1 atom stereocenters. The van der Waals surface area contributed by atoms with Gasteiger partial charge in [0.2, 0.25) is 0 Å². The highest BCUT2D eigenvalue weighted by molar-refractivity contribution is 5.34. The van der Waals surface area contributed by atoms with Crippen LogP contribution in [0.2, 0.25) is 0 Å². The molecule has 2 aromatic rings. The Balaban J connectivity index is 2.56. The molecular weight excluding hydrogens is 204 g/mol. The van der Waals surface area contributed by atoms with E-state index in [1.165, 1.54) is 9.20 Å². The van der Waals surface area contributed by atoms with Gasteiger partial charge < -0.3 is 0 Å². The van der Waals surface area contributed by atoms with Gasteiger partial charge in [-0.2, -0.15) is 9.61 Å². The lowest BCUT2D eigenvalue weighted by Gasteiger charge is -2.07.